The van der Waals surface area contributed by atoms with E-state index in [0.717, 1.165) is 141 Å². The number of aliphatic hydroxyl groups excluding tert-OH is 1. The van der Waals surface area contributed by atoms with Gasteiger partial charge in [0.2, 0.25) is 0 Å². The molecule has 0 amide bonds. The zero-order valence-electron chi connectivity index (χ0n) is 42.4. The van der Waals surface area contributed by atoms with Gasteiger partial charge in [0.1, 0.15) is 12.2 Å². The van der Waals surface area contributed by atoms with E-state index in [0.29, 0.717) is 78.7 Å². The third-order valence-electron chi connectivity index (χ3n) is 11.6. The largest absolute Gasteiger partial charge is 0.457 e. The Morgan fingerprint density at radius 2 is 0.892 bits per heavy atom. The molecule has 0 atom stereocenters. The van der Waals surface area contributed by atoms with Crippen molar-refractivity contribution < 1.29 is 43.1 Å². The van der Waals surface area contributed by atoms with Crippen LogP contribution in [0.5, 0.6) is 0 Å². The Balaban J connectivity index is 2.46. The molecule has 0 bridgehead atoms. The van der Waals surface area contributed by atoms with E-state index in [1.807, 2.05) is 10.9 Å². The van der Waals surface area contributed by atoms with Gasteiger partial charge in [-0.05, 0) is 70.9 Å². The van der Waals surface area contributed by atoms with Gasteiger partial charge in [-0.3, -0.25) is 19.2 Å². The number of aliphatic hydroxyl groups is 1. The lowest BCUT2D eigenvalue weighted by atomic mass is 10.1. The number of aryl methyl sites for hydroxylation is 1. The molecule has 1 N–H and O–H groups in total. The van der Waals surface area contributed by atoms with E-state index in [-0.39, 0.29) is 30.8 Å². The number of unbranched alkanes of at least 4 members (excludes halogenated alkanes) is 20. The van der Waals surface area contributed by atoms with E-state index >= 15 is 0 Å². The Morgan fingerprint density at radius 3 is 1.28 bits per heavy atom. The van der Waals surface area contributed by atoms with Crippen LogP contribution in [-0.4, -0.2) is 122 Å². The molecule has 1 aromatic heterocycles. The van der Waals surface area contributed by atoms with E-state index < -0.39 is 0 Å². The van der Waals surface area contributed by atoms with Gasteiger partial charge in [0.15, 0.2) is 0 Å². The normalized spacial score (nSPS) is 11.8. The molecule has 0 aliphatic carbocycles. The number of ether oxygens (including phenoxy) is 6. The molecule has 1 heterocycles. The summed E-state index contributed by atoms with van der Waals surface area (Å²) in [6.45, 7) is 16.7. The lowest BCUT2D eigenvalue weighted by molar-refractivity contribution is -0.157. The van der Waals surface area contributed by atoms with Crippen molar-refractivity contribution in [2.45, 2.75) is 239 Å². The minimum absolute atomic E-state index is 0.135. The van der Waals surface area contributed by atoms with Gasteiger partial charge in [0.05, 0.1) is 32.1 Å². The second kappa shape index (κ2) is 46.9. The molecule has 0 aromatic carbocycles. The van der Waals surface area contributed by atoms with Crippen molar-refractivity contribution >= 4 is 11.9 Å². The quantitative estimate of drug-likeness (QED) is 0.0490. The highest BCUT2D eigenvalue weighted by molar-refractivity contribution is 5.69. The fraction of sp³-hybridized carbons (Fsp3) is 0.923. The Hall–Kier alpha value is -2.16. The molecule has 65 heavy (non-hydrogen) atoms. The predicted octanol–water partition coefficient (Wildman–Crippen LogP) is 11.4. The first-order valence-corrected chi connectivity index (χ1v) is 26.9. The number of carbonyl (C=O) groups is 2. The number of nitrogens with zero attached hydrogens (tertiary/aromatic N) is 4. The summed E-state index contributed by atoms with van der Waals surface area (Å²) in [4.78, 5) is 28.1. The van der Waals surface area contributed by atoms with Gasteiger partial charge in [-0.25, -0.2) is 0 Å². The molecule has 0 radical (unpaired) electrons. The molecule has 0 aliphatic rings. The van der Waals surface area contributed by atoms with Crippen LogP contribution in [-0.2, 0) is 51.1 Å². The topological polar surface area (TPSA) is 144 Å². The molecule has 0 spiro atoms. The average Bonchev–Trinajstić information content (AvgIpc) is 3.75. The number of esters is 2. The van der Waals surface area contributed by atoms with Crippen LogP contribution in [0.3, 0.4) is 0 Å². The monoisotopic (exact) mass is 925 g/mol. The number of rotatable bonds is 51. The van der Waals surface area contributed by atoms with Crippen LogP contribution in [0.25, 0.3) is 0 Å². The van der Waals surface area contributed by atoms with Gasteiger partial charge in [0, 0.05) is 65.2 Å². The van der Waals surface area contributed by atoms with Crippen LogP contribution >= 0.6 is 0 Å². The Labute approximate surface area is 397 Å². The summed E-state index contributed by atoms with van der Waals surface area (Å²) in [6, 6.07) is 0. The van der Waals surface area contributed by atoms with Gasteiger partial charge in [-0.1, -0.05) is 148 Å². The summed E-state index contributed by atoms with van der Waals surface area (Å²) in [6.07, 6.45) is 31.4. The summed E-state index contributed by atoms with van der Waals surface area (Å²) >= 11 is 0. The summed E-state index contributed by atoms with van der Waals surface area (Å²) in [5.41, 5.74) is 0.948. The number of aromatic nitrogens is 3. The van der Waals surface area contributed by atoms with E-state index in [2.05, 4.69) is 42.9 Å². The van der Waals surface area contributed by atoms with Crippen LogP contribution in [0, 0.1) is 0 Å². The Bertz CT molecular complexity index is 1080. The van der Waals surface area contributed by atoms with Crippen molar-refractivity contribution in [3.8, 4) is 0 Å². The van der Waals surface area contributed by atoms with Crippen LogP contribution in [0.4, 0.5) is 0 Å². The van der Waals surface area contributed by atoms with E-state index in [1.165, 1.54) is 51.4 Å². The van der Waals surface area contributed by atoms with E-state index in [4.69, 9.17) is 28.4 Å². The second-order valence-electron chi connectivity index (χ2n) is 18.1. The molecule has 0 aliphatic heterocycles. The highest BCUT2D eigenvalue weighted by Gasteiger charge is 2.17. The number of carbonyl (C=O) groups excluding carboxylic acids is 2. The molecule has 1 rings (SSSR count). The van der Waals surface area contributed by atoms with Crippen molar-refractivity contribution in [2.75, 3.05) is 72.6 Å². The molecule has 0 unspecified atom stereocenters. The van der Waals surface area contributed by atoms with Gasteiger partial charge in [-0.15, -0.1) is 5.10 Å². The zero-order valence-corrected chi connectivity index (χ0v) is 42.4. The van der Waals surface area contributed by atoms with Gasteiger partial charge in [-0.2, -0.15) is 0 Å². The molecule has 13 heteroatoms. The van der Waals surface area contributed by atoms with Crippen molar-refractivity contribution in [2.24, 2.45) is 0 Å². The maximum Gasteiger partial charge on any atom is 0.306 e. The molecule has 0 saturated carbocycles. The number of hydrogen-bond donors (Lipinski definition) is 1. The first kappa shape index (κ1) is 60.9. The first-order chi connectivity index (χ1) is 31.9. The molecule has 13 nitrogen and oxygen atoms in total. The van der Waals surface area contributed by atoms with Gasteiger partial charge < -0.3 is 33.5 Å². The lowest BCUT2D eigenvalue weighted by Gasteiger charge is -2.21. The summed E-state index contributed by atoms with van der Waals surface area (Å²) in [5.74, 6) is -0.317. The minimum Gasteiger partial charge on any atom is -0.457 e. The fourth-order valence-electron chi connectivity index (χ4n) is 7.63. The smallest absolute Gasteiger partial charge is 0.306 e. The minimum atomic E-state index is -0.352. The standard InChI is InChI=1S/C52H100N4O9/c1-5-9-13-27-38-60-44-49(45-61-39-28-14-10-6-2)64-51(58)32-23-19-17-21-25-34-55(42-48-43-56(54-53-48)36-31-37-57)35-26-22-18-20-24-33-52(59)65-50(46-62-40-29-15-11-7-3)47-63-41-30-16-12-8-4/h43,49-50,57H,5-42,44-47H2,1-4H3. The summed E-state index contributed by atoms with van der Waals surface area (Å²) < 4.78 is 37.0. The SMILES string of the molecule is CCCCCCOCC(COCCCCCC)OC(=O)CCCCCCCN(CCCCCCCC(=O)OC(COCCCCCC)COCCCCCC)Cc1cn(CCCO)nn1. The summed E-state index contributed by atoms with van der Waals surface area (Å²) in [7, 11) is 0. The Morgan fingerprint density at radius 1 is 0.523 bits per heavy atom. The molecule has 0 saturated heterocycles. The maximum atomic E-state index is 12.8. The molecular formula is C52H100N4O9. The predicted molar refractivity (Wildman–Crippen MR) is 262 cm³/mol. The maximum absolute atomic E-state index is 12.8. The highest BCUT2D eigenvalue weighted by Crippen LogP contribution is 2.14. The fourth-order valence-corrected chi connectivity index (χ4v) is 7.63. The second-order valence-corrected chi connectivity index (χ2v) is 18.1. The lowest BCUT2D eigenvalue weighted by Crippen LogP contribution is -2.29. The van der Waals surface area contributed by atoms with Crippen LogP contribution in [0.1, 0.15) is 220 Å². The average molecular weight is 925 g/mol. The Kier molecular flexibility index (Phi) is 43.9. The number of hydrogen-bond acceptors (Lipinski definition) is 12. The molecule has 382 valence electrons. The van der Waals surface area contributed by atoms with E-state index in [1.54, 1.807) is 0 Å². The van der Waals surface area contributed by atoms with Crippen LogP contribution < -0.4 is 0 Å². The highest BCUT2D eigenvalue weighted by atomic mass is 16.6. The van der Waals surface area contributed by atoms with Crippen molar-refractivity contribution in [3.63, 3.8) is 0 Å². The van der Waals surface area contributed by atoms with Crippen LogP contribution in [0.15, 0.2) is 6.20 Å². The molecule has 1 aromatic rings. The molecular weight excluding hydrogens is 825 g/mol. The van der Waals surface area contributed by atoms with Crippen molar-refractivity contribution in [3.05, 3.63) is 11.9 Å². The van der Waals surface area contributed by atoms with Crippen molar-refractivity contribution in [1.29, 1.82) is 0 Å². The van der Waals surface area contributed by atoms with Gasteiger partial charge in [0.25, 0.3) is 0 Å². The van der Waals surface area contributed by atoms with Gasteiger partial charge >= 0.3 is 11.9 Å². The first-order valence-electron chi connectivity index (χ1n) is 26.9. The van der Waals surface area contributed by atoms with E-state index in [9.17, 15) is 14.7 Å². The summed E-state index contributed by atoms with van der Waals surface area (Å²) in [5, 5.41) is 17.9. The third kappa shape index (κ3) is 39.5. The molecule has 0 fully saturated rings. The van der Waals surface area contributed by atoms with Crippen LogP contribution in [0.2, 0.25) is 0 Å². The third-order valence-corrected chi connectivity index (χ3v) is 11.6. The van der Waals surface area contributed by atoms with Crippen molar-refractivity contribution in [1.82, 2.24) is 19.9 Å². The zero-order chi connectivity index (χ0) is 47.1.